The van der Waals surface area contributed by atoms with Crippen molar-refractivity contribution in [3.8, 4) is 0 Å². The van der Waals surface area contributed by atoms with E-state index in [-0.39, 0.29) is 6.54 Å². The molecule has 2 rings (SSSR count). The van der Waals surface area contributed by atoms with Crippen LogP contribution in [-0.2, 0) is 16.1 Å². The van der Waals surface area contributed by atoms with Crippen molar-refractivity contribution in [3.05, 3.63) is 5.01 Å². The molecule has 10 heteroatoms. The lowest BCUT2D eigenvalue weighted by molar-refractivity contribution is -0.141. The van der Waals surface area contributed by atoms with Gasteiger partial charge in [0.25, 0.3) is 0 Å². The van der Waals surface area contributed by atoms with E-state index in [2.05, 4.69) is 30.5 Å². The van der Waals surface area contributed by atoms with E-state index in [0.717, 1.165) is 9.35 Å². The normalized spacial score (nSPS) is 10.5. The first kappa shape index (κ1) is 11.9. The molecule has 0 aliphatic heterocycles. The van der Waals surface area contributed by atoms with Gasteiger partial charge in [0, 0.05) is 0 Å². The van der Waals surface area contributed by atoms with E-state index in [1.165, 1.54) is 34.9 Å². The maximum atomic E-state index is 11.1. The Balaban J connectivity index is 2.11. The summed E-state index contributed by atoms with van der Waals surface area (Å²) in [5.74, 6) is -0.410. The van der Waals surface area contributed by atoms with Crippen LogP contribution in [0, 0.1) is 6.92 Å². The molecule has 90 valence electrons. The molecule has 0 spiro atoms. The fourth-order valence-electron chi connectivity index (χ4n) is 0.953. The highest BCUT2D eigenvalue weighted by molar-refractivity contribution is 8.00. The fourth-order valence-corrected chi connectivity index (χ4v) is 2.64. The van der Waals surface area contributed by atoms with Crippen LogP contribution >= 0.6 is 23.1 Å². The number of nitrogens with zero attached hydrogens (tertiary/aromatic N) is 6. The summed E-state index contributed by atoms with van der Waals surface area (Å²) in [5, 5.41) is 20.2. The standard InChI is InChI=1S/C7H8N6O2S2/c1-4-8-10-7(16-4)17-6-9-11-12-13(6)3-5(14)15-2/h3H2,1-2H3. The van der Waals surface area contributed by atoms with Crippen molar-refractivity contribution in [2.75, 3.05) is 7.11 Å². The van der Waals surface area contributed by atoms with E-state index in [1.807, 2.05) is 6.92 Å². The monoisotopic (exact) mass is 272 g/mol. The molecule has 8 nitrogen and oxygen atoms in total. The molecule has 0 amide bonds. The van der Waals surface area contributed by atoms with Crippen LogP contribution in [0.5, 0.6) is 0 Å². The maximum absolute atomic E-state index is 11.1. The third-order valence-electron chi connectivity index (χ3n) is 1.69. The smallest absolute Gasteiger partial charge is 0.327 e. The zero-order chi connectivity index (χ0) is 12.3. The van der Waals surface area contributed by atoms with E-state index in [0.29, 0.717) is 5.16 Å². The fraction of sp³-hybridized carbons (Fsp3) is 0.429. The summed E-state index contributed by atoms with van der Waals surface area (Å²) in [4.78, 5) is 11.1. The Morgan fingerprint density at radius 1 is 1.47 bits per heavy atom. The van der Waals surface area contributed by atoms with Crippen molar-refractivity contribution in [3.63, 3.8) is 0 Å². The number of ether oxygens (including phenoxy) is 1. The minimum atomic E-state index is -0.410. The highest BCUT2D eigenvalue weighted by atomic mass is 32.2. The summed E-state index contributed by atoms with van der Waals surface area (Å²) >= 11 is 2.69. The second kappa shape index (κ2) is 5.19. The van der Waals surface area contributed by atoms with Gasteiger partial charge in [-0.2, -0.15) is 0 Å². The first-order chi connectivity index (χ1) is 8.19. The third kappa shape index (κ3) is 2.97. The van der Waals surface area contributed by atoms with Gasteiger partial charge in [0.15, 0.2) is 4.34 Å². The predicted molar refractivity (Wildman–Crippen MR) is 58.6 cm³/mol. The molecule has 0 aliphatic rings. The summed E-state index contributed by atoms with van der Waals surface area (Å²) in [7, 11) is 1.31. The molecule has 2 aromatic heterocycles. The highest BCUT2D eigenvalue weighted by Gasteiger charge is 2.13. The number of tetrazole rings is 1. The van der Waals surface area contributed by atoms with Crippen LogP contribution in [0.25, 0.3) is 0 Å². The van der Waals surface area contributed by atoms with Gasteiger partial charge in [-0.05, 0) is 29.1 Å². The van der Waals surface area contributed by atoms with Crippen LogP contribution in [0.2, 0.25) is 0 Å². The van der Waals surface area contributed by atoms with Crippen molar-refractivity contribution in [2.24, 2.45) is 0 Å². The lowest BCUT2D eigenvalue weighted by atomic mass is 10.7. The van der Waals surface area contributed by atoms with Crippen LogP contribution in [0.1, 0.15) is 5.01 Å². The molecule has 2 aromatic rings. The first-order valence-electron chi connectivity index (χ1n) is 4.50. The number of methoxy groups -OCH3 is 1. The van der Waals surface area contributed by atoms with E-state index < -0.39 is 5.97 Å². The van der Waals surface area contributed by atoms with Gasteiger partial charge < -0.3 is 4.74 Å². The minimum absolute atomic E-state index is 0.0242. The van der Waals surface area contributed by atoms with Gasteiger partial charge in [-0.25, -0.2) is 4.68 Å². The van der Waals surface area contributed by atoms with Gasteiger partial charge in [0.1, 0.15) is 11.6 Å². The number of hydrogen-bond acceptors (Lipinski definition) is 9. The minimum Gasteiger partial charge on any atom is -0.468 e. The van der Waals surface area contributed by atoms with Gasteiger partial charge in [-0.1, -0.05) is 11.3 Å². The summed E-state index contributed by atoms with van der Waals surface area (Å²) in [6.45, 7) is 1.84. The number of esters is 1. The lowest BCUT2D eigenvalue weighted by Crippen LogP contribution is -2.13. The Kier molecular flexibility index (Phi) is 3.64. The largest absolute Gasteiger partial charge is 0.468 e. The summed E-state index contributed by atoms with van der Waals surface area (Å²) in [5.41, 5.74) is 0. The van der Waals surface area contributed by atoms with Crippen molar-refractivity contribution < 1.29 is 9.53 Å². The quantitative estimate of drug-likeness (QED) is 0.726. The van der Waals surface area contributed by atoms with Crippen LogP contribution in [0.15, 0.2) is 9.50 Å². The lowest BCUT2D eigenvalue weighted by Gasteiger charge is -2.00. The molecule has 2 heterocycles. The first-order valence-corrected chi connectivity index (χ1v) is 6.13. The summed E-state index contributed by atoms with van der Waals surface area (Å²) in [6.07, 6.45) is 0. The molecule has 0 aromatic carbocycles. The Morgan fingerprint density at radius 2 is 2.29 bits per heavy atom. The molecular weight excluding hydrogens is 264 g/mol. The molecule has 0 aliphatic carbocycles. The van der Waals surface area contributed by atoms with Crippen LogP contribution < -0.4 is 0 Å². The number of carbonyl (C=O) groups is 1. The van der Waals surface area contributed by atoms with E-state index in [4.69, 9.17) is 0 Å². The predicted octanol–water partition coefficient (Wildman–Crippen LogP) is 0.157. The Bertz CT molecular complexity index is 524. The second-order valence-corrected chi connectivity index (χ2v) is 5.28. The molecule has 17 heavy (non-hydrogen) atoms. The third-order valence-corrected chi connectivity index (χ3v) is 3.56. The highest BCUT2D eigenvalue weighted by Crippen LogP contribution is 2.27. The van der Waals surface area contributed by atoms with Gasteiger partial charge in [0.05, 0.1) is 7.11 Å². The molecule has 0 radical (unpaired) electrons. The van der Waals surface area contributed by atoms with Crippen molar-refractivity contribution in [1.29, 1.82) is 0 Å². The SMILES string of the molecule is COC(=O)Cn1nnnc1Sc1nnc(C)s1. The molecular formula is C7H8N6O2S2. The van der Waals surface area contributed by atoms with Gasteiger partial charge >= 0.3 is 5.97 Å². The molecule has 0 fully saturated rings. The topological polar surface area (TPSA) is 95.7 Å². The zero-order valence-corrected chi connectivity index (χ0v) is 10.7. The van der Waals surface area contributed by atoms with Crippen molar-refractivity contribution >= 4 is 29.1 Å². The van der Waals surface area contributed by atoms with Gasteiger partial charge in [-0.3, -0.25) is 4.79 Å². The Labute approximate surface area is 104 Å². The van der Waals surface area contributed by atoms with E-state index in [1.54, 1.807) is 0 Å². The number of hydrogen-bond donors (Lipinski definition) is 0. The molecule has 0 bridgehead atoms. The number of aromatic nitrogens is 6. The van der Waals surface area contributed by atoms with Gasteiger partial charge in [-0.15, -0.1) is 15.3 Å². The van der Waals surface area contributed by atoms with Crippen LogP contribution in [-0.4, -0.2) is 43.5 Å². The molecule has 0 unspecified atom stereocenters. The molecule has 0 saturated heterocycles. The number of carbonyl (C=O) groups excluding carboxylic acids is 1. The molecule has 0 atom stereocenters. The summed E-state index contributed by atoms with van der Waals surface area (Å²) < 4.78 is 6.62. The Hall–Kier alpha value is -1.55. The zero-order valence-electron chi connectivity index (χ0n) is 9.02. The van der Waals surface area contributed by atoms with E-state index in [9.17, 15) is 4.79 Å². The number of rotatable bonds is 4. The molecule has 0 saturated carbocycles. The Morgan fingerprint density at radius 3 is 2.94 bits per heavy atom. The summed E-state index contributed by atoms with van der Waals surface area (Å²) in [6, 6.07) is 0. The second-order valence-electron chi connectivity index (χ2n) is 2.88. The average molecular weight is 272 g/mol. The van der Waals surface area contributed by atoms with Gasteiger partial charge in [0.2, 0.25) is 5.16 Å². The van der Waals surface area contributed by atoms with Crippen molar-refractivity contribution in [2.45, 2.75) is 23.0 Å². The maximum Gasteiger partial charge on any atom is 0.327 e. The van der Waals surface area contributed by atoms with Crippen LogP contribution in [0.3, 0.4) is 0 Å². The van der Waals surface area contributed by atoms with Crippen LogP contribution in [0.4, 0.5) is 0 Å². The molecule has 0 N–H and O–H groups in total. The van der Waals surface area contributed by atoms with Crippen molar-refractivity contribution in [1.82, 2.24) is 30.4 Å². The number of aryl methyl sites for hydroxylation is 1. The van der Waals surface area contributed by atoms with E-state index >= 15 is 0 Å². The average Bonchev–Trinajstić information content (AvgIpc) is 2.89.